The van der Waals surface area contributed by atoms with E-state index in [0.29, 0.717) is 5.69 Å². The van der Waals surface area contributed by atoms with Crippen LogP contribution in [0.3, 0.4) is 0 Å². The SMILES string of the molecule is Cc1cc(S(C)(=O)=O)nc(-n2ccc(C)n2)n1. The summed E-state index contributed by atoms with van der Waals surface area (Å²) in [6.07, 6.45) is 2.81. The number of hydrogen-bond acceptors (Lipinski definition) is 5. The minimum absolute atomic E-state index is 0.00755. The van der Waals surface area contributed by atoms with Gasteiger partial charge in [-0.3, -0.25) is 0 Å². The Morgan fingerprint density at radius 1 is 1.18 bits per heavy atom. The Morgan fingerprint density at radius 3 is 2.41 bits per heavy atom. The summed E-state index contributed by atoms with van der Waals surface area (Å²) in [5, 5.41) is 4.15. The van der Waals surface area contributed by atoms with Gasteiger partial charge in [0.2, 0.25) is 0 Å². The van der Waals surface area contributed by atoms with Gasteiger partial charge in [0, 0.05) is 18.1 Å². The predicted molar refractivity (Wildman–Crippen MR) is 61.7 cm³/mol. The summed E-state index contributed by atoms with van der Waals surface area (Å²) < 4.78 is 24.4. The molecule has 0 atom stereocenters. The van der Waals surface area contributed by atoms with Gasteiger partial charge < -0.3 is 0 Å². The van der Waals surface area contributed by atoms with E-state index >= 15 is 0 Å². The third kappa shape index (κ3) is 2.50. The Balaban J connectivity index is 2.60. The molecule has 7 heteroatoms. The van der Waals surface area contributed by atoms with Gasteiger partial charge >= 0.3 is 0 Å². The second-order valence-corrected chi connectivity index (χ2v) is 5.78. The Labute approximate surface area is 99.3 Å². The van der Waals surface area contributed by atoms with E-state index in [2.05, 4.69) is 15.1 Å². The van der Waals surface area contributed by atoms with E-state index in [9.17, 15) is 8.42 Å². The lowest BCUT2D eigenvalue weighted by atomic mass is 10.5. The van der Waals surface area contributed by atoms with Gasteiger partial charge in [-0.05, 0) is 26.0 Å². The summed E-state index contributed by atoms with van der Waals surface area (Å²) in [6, 6.07) is 3.24. The summed E-state index contributed by atoms with van der Waals surface area (Å²) in [5.74, 6) is 0.263. The number of rotatable bonds is 2. The first-order valence-corrected chi connectivity index (χ1v) is 6.84. The van der Waals surface area contributed by atoms with Crippen LogP contribution in [0.25, 0.3) is 5.95 Å². The van der Waals surface area contributed by atoms with Crippen LogP contribution in [-0.2, 0) is 9.84 Å². The maximum atomic E-state index is 11.5. The molecule has 0 amide bonds. The number of hydrogen-bond donors (Lipinski definition) is 0. The van der Waals surface area contributed by atoms with Crippen LogP contribution >= 0.6 is 0 Å². The molecule has 0 N–H and O–H groups in total. The van der Waals surface area contributed by atoms with Crippen LogP contribution in [0.4, 0.5) is 0 Å². The predicted octanol–water partition coefficient (Wildman–Crippen LogP) is 0.683. The third-order valence-corrected chi connectivity index (χ3v) is 3.10. The molecule has 90 valence electrons. The summed E-state index contributed by atoms with van der Waals surface area (Å²) in [7, 11) is -3.34. The van der Waals surface area contributed by atoms with Crippen molar-refractivity contribution in [1.82, 2.24) is 19.7 Å². The average Bonchev–Trinajstić information content (AvgIpc) is 2.62. The summed E-state index contributed by atoms with van der Waals surface area (Å²) >= 11 is 0. The molecule has 0 unspecified atom stereocenters. The van der Waals surface area contributed by atoms with Gasteiger partial charge in [0.15, 0.2) is 14.9 Å². The highest BCUT2D eigenvalue weighted by atomic mass is 32.2. The third-order valence-electron chi connectivity index (χ3n) is 2.13. The van der Waals surface area contributed by atoms with Gasteiger partial charge in [-0.15, -0.1) is 0 Å². The van der Waals surface area contributed by atoms with Crippen molar-refractivity contribution in [3.8, 4) is 5.95 Å². The Morgan fingerprint density at radius 2 is 1.88 bits per heavy atom. The standard InChI is InChI=1S/C10H12N4O2S/c1-7-4-5-14(13-7)10-11-8(2)6-9(12-10)17(3,15)16/h4-6H,1-3H3. The molecule has 0 aliphatic rings. The molecular weight excluding hydrogens is 240 g/mol. The van der Waals surface area contributed by atoms with Gasteiger partial charge in [0.05, 0.1) is 5.69 Å². The highest BCUT2D eigenvalue weighted by Gasteiger charge is 2.13. The molecule has 0 aliphatic heterocycles. The first kappa shape index (κ1) is 11.7. The van der Waals surface area contributed by atoms with E-state index in [4.69, 9.17) is 0 Å². The maximum Gasteiger partial charge on any atom is 0.251 e. The fourth-order valence-corrected chi connectivity index (χ4v) is 1.98. The monoisotopic (exact) mass is 252 g/mol. The van der Waals surface area contributed by atoms with Gasteiger partial charge in [-0.25, -0.2) is 18.1 Å². The first-order chi connectivity index (χ1) is 7.86. The second kappa shape index (κ2) is 3.92. The molecule has 17 heavy (non-hydrogen) atoms. The molecule has 2 aromatic heterocycles. The van der Waals surface area contributed by atoms with Crippen molar-refractivity contribution in [3.63, 3.8) is 0 Å². The Hall–Kier alpha value is -1.76. The van der Waals surface area contributed by atoms with Crippen LogP contribution < -0.4 is 0 Å². The van der Waals surface area contributed by atoms with E-state index in [-0.39, 0.29) is 11.0 Å². The lowest BCUT2D eigenvalue weighted by Gasteiger charge is -2.04. The lowest BCUT2D eigenvalue weighted by molar-refractivity contribution is 0.596. The Bertz CT molecular complexity index is 661. The molecule has 0 saturated heterocycles. The van der Waals surface area contributed by atoms with E-state index in [1.807, 2.05) is 6.92 Å². The van der Waals surface area contributed by atoms with Crippen molar-refractivity contribution < 1.29 is 8.42 Å². The highest BCUT2D eigenvalue weighted by Crippen LogP contribution is 2.10. The van der Waals surface area contributed by atoms with Crippen molar-refractivity contribution in [2.75, 3.05) is 6.26 Å². The minimum atomic E-state index is -3.34. The van der Waals surface area contributed by atoms with Gasteiger partial charge in [-0.1, -0.05) is 0 Å². The summed E-state index contributed by atoms with van der Waals surface area (Å²) in [5.41, 5.74) is 1.40. The average molecular weight is 252 g/mol. The van der Waals surface area contributed by atoms with Gasteiger partial charge in [-0.2, -0.15) is 10.1 Å². The molecule has 0 spiro atoms. The number of nitrogens with zero attached hydrogens (tertiary/aromatic N) is 4. The molecule has 2 aromatic rings. The smallest absolute Gasteiger partial charge is 0.222 e. The molecule has 0 bridgehead atoms. The molecule has 0 aliphatic carbocycles. The Kier molecular flexibility index (Phi) is 2.70. The lowest BCUT2D eigenvalue weighted by Crippen LogP contribution is -2.09. The summed E-state index contributed by atoms with van der Waals surface area (Å²) in [6.45, 7) is 3.56. The molecule has 2 rings (SSSR count). The fourth-order valence-electron chi connectivity index (χ4n) is 1.34. The zero-order valence-corrected chi connectivity index (χ0v) is 10.6. The van der Waals surface area contributed by atoms with Crippen molar-refractivity contribution in [2.45, 2.75) is 18.9 Å². The van der Waals surface area contributed by atoms with Crippen LogP contribution in [0.1, 0.15) is 11.4 Å². The molecule has 0 aromatic carbocycles. The molecule has 0 radical (unpaired) electrons. The van der Waals surface area contributed by atoms with Crippen LogP contribution in [0, 0.1) is 13.8 Å². The maximum absolute atomic E-state index is 11.5. The van der Waals surface area contributed by atoms with Gasteiger partial charge in [0.1, 0.15) is 0 Å². The topological polar surface area (TPSA) is 77.7 Å². The number of aromatic nitrogens is 4. The zero-order chi connectivity index (χ0) is 12.6. The van der Waals surface area contributed by atoms with E-state index in [1.54, 1.807) is 19.2 Å². The molecule has 6 nitrogen and oxygen atoms in total. The van der Waals surface area contributed by atoms with E-state index in [0.717, 1.165) is 11.9 Å². The fraction of sp³-hybridized carbons (Fsp3) is 0.300. The van der Waals surface area contributed by atoms with Crippen LogP contribution in [0.2, 0.25) is 0 Å². The van der Waals surface area contributed by atoms with Crippen LogP contribution in [0.5, 0.6) is 0 Å². The largest absolute Gasteiger partial charge is 0.251 e. The van der Waals surface area contributed by atoms with Crippen LogP contribution in [-0.4, -0.2) is 34.4 Å². The second-order valence-electron chi connectivity index (χ2n) is 3.82. The number of sulfone groups is 1. The molecule has 2 heterocycles. The van der Waals surface area contributed by atoms with Crippen molar-refractivity contribution in [3.05, 3.63) is 29.7 Å². The van der Waals surface area contributed by atoms with Gasteiger partial charge in [0.25, 0.3) is 5.95 Å². The minimum Gasteiger partial charge on any atom is -0.222 e. The van der Waals surface area contributed by atoms with Crippen LogP contribution in [0.15, 0.2) is 23.4 Å². The zero-order valence-electron chi connectivity index (χ0n) is 9.75. The van der Waals surface area contributed by atoms with E-state index in [1.165, 1.54) is 10.7 Å². The summed E-state index contributed by atoms with van der Waals surface area (Å²) in [4.78, 5) is 8.15. The molecular formula is C10H12N4O2S. The quantitative estimate of drug-likeness (QED) is 0.734. The van der Waals surface area contributed by atoms with Crippen molar-refractivity contribution in [2.24, 2.45) is 0 Å². The molecule has 0 saturated carbocycles. The normalized spacial score (nSPS) is 11.7. The molecule has 0 fully saturated rings. The number of aryl methyl sites for hydroxylation is 2. The van der Waals surface area contributed by atoms with Crippen molar-refractivity contribution >= 4 is 9.84 Å². The van der Waals surface area contributed by atoms with Crippen molar-refractivity contribution in [1.29, 1.82) is 0 Å². The first-order valence-electron chi connectivity index (χ1n) is 4.94. The van der Waals surface area contributed by atoms with E-state index < -0.39 is 9.84 Å². The highest BCUT2D eigenvalue weighted by molar-refractivity contribution is 7.90.